The maximum atomic E-state index is 6.39. The van der Waals surface area contributed by atoms with Crippen LogP contribution >= 0.6 is 11.6 Å². The highest BCUT2D eigenvalue weighted by molar-refractivity contribution is 6.30. The molecular weight excluding hydrogens is 442 g/mol. The van der Waals surface area contributed by atoms with Crippen LogP contribution in [0.4, 0.5) is 11.4 Å². The van der Waals surface area contributed by atoms with Crippen LogP contribution in [0.15, 0.2) is 84.0 Å². The number of nitrogens with zero attached hydrogens (tertiary/aromatic N) is 4. The molecule has 0 radical (unpaired) electrons. The fraction of sp³-hybridized carbons (Fsp3) is 0.179. The first-order valence-corrected chi connectivity index (χ1v) is 12.0. The highest BCUT2D eigenvalue weighted by Gasteiger charge is 2.20. The molecule has 0 spiro atoms. The van der Waals surface area contributed by atoms with Gasteiger partial charge in [0.25, 0.3) is 0 Å². The van der Waals surface area contributed by atoms with Gasteiger partial charge >= 0.3 is 0 Å². The molecule has 34 heavy (non-hydrogen) atoms. The third-order valence-corrected chi connectivity index (χ3v) is 6.67. The van der Waals surface area contributed by atoms with E-state index in [0.717, 1.165) is 63.4 Å². The fourth-order valence-corrected chi connectivity index (χ4v) is 4.60. The predicted molar refractivity (Wildman–Crippen MR) is 138 cm³/mol. The molecule has 3 aromatic rings. The van der Waals surface area contributed by atoms with Crippen molar-refractivity contribution >= 4 is 34.0 Å². The molecule has 2 aromatic carbocycles. The van der Waals surface area contributed by atoms with E-state index >= 15 is 0 Å². The van der Waals surface area contributed by atoms with Crippen LogP contribution in [0.1, 0.15) is 25.0 Å². The summed E-state index contributed by atoms with van der Waals surface area (Å²) in [6.45, 7) is 2.00. The first-order chi connectivity index (χ1) is 16.7. The number of aryl methyl sites for hydroxylation is 1. The van der Waals surface area contributed by atoms with E-state index in [9.17, 15) is 0 Å². The van der Waals surface area contributed by atoms with Gasteiger partial charge in [-0.05, 0) is 80.8 Å². The summed E-state index contributed by atoms with van der Waals surface area (Å²) in [6.07, 6.45) is 5.31. The molecule has 6 rings (SSSR count). The third-order valence-electron chi connectivity index (χ3n) is 6.44. The van der Waals surface area contributed by atoms with E-state index in [0.29, 0.717) is 11.1 Å². The Morgan fingerprint density at radius 1 is 0.971 bits per heavy atom. The van der Waals surface area contributed by atoms with E-state index in [2.05, 4.69) is 39.1 Å². The van der Waals surface area contributed by atoms with Crippen molar-refractivity contribution in [2.45, 2.75) is 32.2 Å². The van der Waals surface area contributed by atoms with Crippen molar-refractivity contribution in [2.75, 3.05) is 5.32 Å². The number of benzene rings is 3. The van der Waals surface area contributed by atoms with E-state index < -0.39 is 0 Å². The van der Waals surface area contributed by atoms with Gasteiger partial charge in [0.2, 0.25) is 0 Å². The molecule has 5 nitrogen and oxygen atoms in total. The minimum Gasteiger partial charge on any atom is -0.352 e. The first kappa shape index (κ1) is 20.9. The number of fused-ring (bicyclic) bond motifs is 2. The van der Waals surface area contributed by atoms with Crippen LogP contribution in [0.25, 0.3) is 28.1 Å². The summed E-state index contributed by atoms with van der Waals surface area (Å²) in [5.41, 5.74) is 7.67. The lowest BCUT2D eigenvalue weighted by molar-refractivity contribution is 0.413. The average Bonchev–Trinajstić information content (AvgIpc) is 2.81. The largest absolute Gasteiger partial charge is 0.352 e. The molecule has 2 aliphatic carbocycles. The molecule has 0 unspecified atom stereocenters. The zero-order chi connectivity index (χ0) is 23.1. The number of rotatable bonds is 4. The molecular formula is C28H24ClN5. The second-order valence-electron chi connectivity index (χ2n) is 8.75. The van der Waals surface area contributed by atoms with Crippen molar-refractivity contribution in [3.63, 3.8) is 0 Å². The lowest BCUT2D eigenvalue weighted by Crippen LogP contribution is -2.22. The minimum absolute atomic E-state index is 0.362. The molecule has 3 aliphatic rings. The summed E-state index contributed by atoms with van der Waals surface area (Å²) >= 11 is 6.39. The number of aromatic nitrogens is 3. The van der Waals surface area contributed by atoms with Crippen molar-refractivity contribution < 1.29 is 0 Å². The Balaban J connectivity index is 1.65. The van der Waals surface area contributed by atoms with Crippen LogP contribution in [0, 0.1) is 6.92 Å². The summed E-state index contributed by atoms with van der Waals surface area (Å²) in [7, 11) is 0. The maximum Gasteiger partial charge on any atom is 0.0900 e. The standard InChI is InChI=1S/C28H24ClN5/c1-18-22(12-6-14-30-18)32-24-16-26-28(17-25(24)31-20-8-5-9-20)34(21-10-4-7-19(29)15-21)27-13-3-2-11-23(27)33-26/h2-4,6-7,10-17,20,32H,5,8-9H2,1H3. The van der Waals surface area contributed by atoms with Crippen molar-refractivity contribution in [2.24, 2.45) is 4.99 Å². The number of hydrogen-bond acceptors (Lipinski definition) is 4. The molecule has 6 heteroatoms. The van der Waals surface area contributed by atoms with Gasteiger partial charge in [0.15, 0.2) is 0 Å². The van der Waals surface area contributed by atoms with Gasteiger partial charge in [0, 0.05) is 16.9 Å². The molecule has 1 aromatic heterocycles. The predicted octanol–water partition coefficient (Wildman–Crippen LogP) is 6.68. The normalized spacial score (nSPS) is 14.5. The molecule has 1 saturated carbocycles. The summed E-state index contributed by atoms with van der Waals surface area (Å²) < 4.78 is 2.22. The number of nitrogens with one attached hydrogen (secondary N) is 1. The minimum atomic E-state index is 0.362. The Kier molecular flexibility index (Phi) is 5.27. The molecule has 1 fully saturated rings. The number of halogens is 1. The summed E-state index contributed by atoms with van der Waals surface area (Å²) in [5, 5.41) is 5.21. The molecule has 1 aliphatic heterocycles. The van der Waals surface area contributed by atoms with E-state index in [1.807, 2.05) is 61.7 Å². The zero-order valence-electron chi connectivity index (χ0n) is 18.9. The monoisotopic (exact) mass is 465 g/mol. The second kappa shape index (κ2) is 8.58. The summed E-state index contributed by atoms with van der Waals surface area (Å²) in [6, 6.07) is 24.7. The second-order valence-corrected chi connectivity index (χ2v) is 9.19. The van der Waals surface area contributed by atoms with Crippen LogP contribution in [-0.4, -0.2) is 20.6 Å². The van der Waals surface area contributed by atoms with Gasteiger partial charge in [-0.2, -0.15) is 0 Å². The van der Waals surface area contributed by atoms with Gasteiger partial charge < -0.3 is 9.88 Å². The van der Waals surface area contributed by atoms with Crippen molar-refractivity contribution in [3.8, 4) is 17.1 Å². The lowest BCUT2D eigenvalue weighted by atomic mass is 9.94. The van der Waals surface area contributed by atoms with Gasteiger partial charge in [-0.3, -0.25) is 9.98 Å². The zero-order valence-corrected chi connectivity index (χ0v) is 19.6. The Morgan fingerprint density at radius 3 is 2.65 bits per heavy atom. The van der Waals surface area contributed by atoms with E-state index in [-0.39, 0.29) is 0 Å². The molecule has 2 heterocycles. The lowest BCUT2D eigenvalue weighted by Gasteiger charge is -2.23. The highest BCUT2D eigenvalue weighted by Crippen LogP contribution is 2.32. The Bertz CT molecular complexity index is 1550. The Hall–Kier alpha value is -3.70. The first-order valence-electron chi connectivity index (χ1n) is 11.6. The van der Waals surface area contributed by atoms with Crippen molar-refractivity contribution in [1.29, 1.82) is 0 Å². The molecule has 1 N–H and O–H groups in total. The van der Waals surface area contributed by atoms with Gasteiger partial charge in [0.05, 0.1) is 50.9 Å². The molecule has 0 saturated heterocycles. The van der Waals surface area contributed by atoms with E-state index in [4.69, 9.17) is 21.6 Å². The number of para-hydroxylation sites is 2. The van der Waals surface area contributed by atoms with Gasteiger partial charge in [-0.1, -0.05) is 29.8 Å². The van der Waals surface area contributed by atoms with Crippen LogP contribution in [-0.2, 0) is 0 Å². The third kappa shape index (κ3) is 3.82. The fourth-order valence-electron chi connectivity index (χ4n) is 4.42. The van der Waals surface area contributed by atoms with Crippen LogP contribution in [0.5, 0.6) is 0 Å². The molecule has 168 valence electrons. The van der Waals surface area contributed by atoms with Crippen molar-refractivity contribution in [1.82, 2.24) is 14.5 Å². The molecule has 0 amide bonds. The van der Waals surface area contributed by atoms with Gasteiger partial charge in [-0.15, -0.1) is 0 Å². The number of pyridine rings is 1. The maximum absolute atomic E-state index is 6.39. The topological polar surface area (TPSA) is 55.1 Å². The summed E-state index contributed by atoms with van der Waals surface area (Å²) in [4.78, 5) is 14.6. The van der Waals surface area contributed by atoms with Gasteiger partial charge in [0.1, 0.15) is 0 Å². The highest BCUT2D eigenvalue weighted by atomic mass is 35.5. The molecule has 0 bridgehead atoms. The number of hydrogen-bond donors (Lipinski definition) is 1. The van der Waals surface area contributed by atoms with Crippen LogP contribution in [0.3, 0.4) is 0 Å². The Labute approximate surface area is 203 Å². The number of anilines is 2. The quantitative estimate of drug-likeness (QED) is 0.301. The van der Waals surface area contributed by atoms with Crippen molar-refractivity contribution in [3.05, 3.63) is 95.1 Å². The van der Waals surface area contributed by atoms with Gasteiger partial charge in [-0.25, -0.2) is 4.98 Å². The van der Waals surface area contributed by atoms with Crippen LogP contribution < -0.4 is 10.7 Å². The smallest absolute Gasteiger partial charge is 0.0900 e. The summed E-state index contributed by atoms with van der Waals surface area (Å²) in [5.74, 6) is 0. The average molecular weight is 466 g/mol. The van der Waals surface area contributed by atoms with Crippen LogP contribution in [0.2, 0.25) is 5.02 Å². The van der Waals surface area contributed by atoms with E-state index in [1.165, 1.54) is 6.42 Å². The molecule has 0 atom stereocenters. The van der Waals surface area contributed by atoms with E-state index in [1.54, 1.807) is 0 Å². The Morgan fingerprint density at radius 2 is 1.85 bits per heavy atom. The SMILES string of the molecule is Cc1ncccc1Nc1cc2nc3ccccc3n(-c3cccc(Cl)c3)c-2cc1=NC1CCC1.